The van der Waals surface area contributed by atoms with Crippen molar-refractivity contribution in [2.45, 2.75) is 53.5 Å². The van der Waals surface area contributed by atoms with Gasteiger partial charge in [0.05, 0.1) is 36.4 Å². The van der Waals surface area contributed by atoms with Crippen molar-refractivity contribution in [1.29, 1.82) is 0 Å². The molecule has 1 aromatic heterocycles. The maximum Gasteiger partial charge on any atom is 0.340 e. The summed E-state index contributed by atoms with van der Waals surface area (Å²) in [6.45, 7) is 11.0. The van der Waals surface area contributed by atoms with Gasteiger partial charge in [-0.05, 0) is 66.1 Å². The summed E-state index contributed by atoms with van der Waals surface area (Å²) in [6, 6.07) is -0.333. The van der Waals surface area contributed by atoms with Crippen molar-refractivity contribution in [3.8, 4) is 0 Å². The van der Waals surface area contributed by atoms with Gasteiger partial charge in [0.25, 0.3) is 0 Å². The molecular weight excluding hydrogens is 348 g/mol. The van der Waals surface area contributed by atoms with E-state index in [1.54, 1.807) is 27.7 Å². The van der Waals surface area contributed by atoms with Crippen LogP contribution < -0.4 is 0 Å². The van der Waals surface area contributed by atoms with Gasteiger partial charge in [-0.1, -0.05) is 0 Å². The summed E-state index contributed by atoms with van der Waals surface area (Å²) in [5, 5.41) is 0. The zero-order valence-electron chi connectivity index (χ0n) is 16.9. The minimum atomic E-state index is -0.411. The molecule has 0 spiro atoms. The Labute approximate surface area is 160 Å². The summed E-state index contributed by atoms with van der Waals surface area (Å²) in [5.74, 6) is -0.703. The smallest absolute Gasteiger partial charge is 0.340 e. The first-order valence-electron chi connectivity index (χ1n) is 9.62. The first-order valence-corrected chi connectivity index (χ1v) is 9.62. The number of hydrogen-bond acceptors (Lipinski definition) is 6. The molecule has 0 aliphatic carbocycles. The number of aromatic nitrogens is 1. The summed E-state index contributed by atoms with van der Waals surface area (Å²) in [5.41, 5.74) is 2.16. The highest BCUT2D eigenvalue weighted by Gasteiger charge is 2.32. The number of aromatic amines is 1. The predicted octanol–water partition coefficient (Wildman–Crippen LogP) is 2.65. The van der Waals surface area contributed by atoms with Crippen LogP contribution in [0.1, 0.15) is 65.7 Å². The Hall–Kier alpha value is -2.15. The number of esters is 2. The molecule has 1 aliphatic heterocycles. The Morgan fingerprint density at radius 2 is 1.70 bits per heavy atom. The summed E-state index contributed by atoms with van der Waals surface area (Å²) in [4.78, 5) is 42.2. The van der Waals surface area contributed by atoms with Crippen molar-refractivity contribution in [3.05, 3.63) is 22.5 Å². The van der Waals surface area contributed by atoms with Gasteiger partial charge in [-0.25, -0.2) is 4.79 Å². The highest BCUT2D eigenvalue weighted by atomic mass is 16.5. The van der Waals surface area contributed by atoms with E-state index in [-0.39, 0.29) is 30.3 Å². The van der Waals surface area contributed by atoms with Crippen molar-refractivity contribution in [2.75, 3.05) is 26.3 Å². The summed E-state index contributed by atoms with van der Waals surface area (Å²) < 4.78 is 10.2. The van der Waals surface area contributed by atoms with Gasteiger partial charge >= 0.3 is 11.9 Å². The quantitative estimate of drug-likeness (QED) is 0.580. The van der Waals surface area contributed by atoms with E-state index < -0.39 is 5.97 Å². The first-order chi connectivity index (χ1) is 12.8. The highest BCUT2D eigenvalue weighted by molar-refractivity contribution is 6.03. The van der Waals surface area contributed by atoms with E-state index in [9.17, 15) is 14.4 Å². The van der Waals surface area contributed by atoms with Crippen molar-refractivity contribution >= 4 is 17.7 Å². The maximum absolute atomic E-state index is 13.0. The van der Waals surface area contributed by atoms with Crippen LogP contribution in [0.4, 0.5) is 0 Å². The monoisotopic (exact) mass is 378 g/mol. The van der Waals surface area contributed by atoms with E-state index in [2.05, 4.69) is 9.88 Å². The molecule has 150 valence electrons. The number of nitrogens with one attached hydrogen (secondary N) is 1. The molecule has 1 fully saturated rings. The number of carbonyl (C=O) groups is 3. The lowest BCUT2D eigenvalue weighted by atomic mass is 9.94. The van der Waals surface area contributed by atoms with Gasteiger partial charge < -0.3 is 14.5 Å². The zero-order valence-corrected chi connectivity index (χ0v) is 16.9. The zero-order chi connectivity index (χ0) is 20.1. The minimum Gasteiger partial charge on any atom is -0.466 e. The molecule has 0 saturated carbocycles. The maximum atomic E-state index is 13.0. The van der Waals surface area contributed by atoms with Crippen LogP contribution in [0.3, 0.4) is 0 Å². The lowest BCUT2D eigenvalue weighted by Gasteiger charge is -2.34. The minimum absolute atomic E-state index is 0.0549. The molecule has 1 atom stereocenters. The molecule has 1 saturated heterocycles. The Morgan fingerprint density at radius 1 is 1.11 bits per heavy atom. The molecule has 1 aromatic rings. The van der Waals surface area contributed by atoms with Crippen LogP contribution in [-0.2, 0) is 14.3 Å². The molecule has 0 amide bonds. The number of piperidine rings is 1. The third-order valence-corrected chi connectivity index (χ3v) is 5.24. The molecule has 2 heterocycles. The number of H-pyrrole nitrogens is 1. The third-order valence-electron chi connectivity index (χ3n) is 5.24. The molecule has 0 unspecified atom stereocenters. The molecule has 1 aliphatic rings. The van der Waals surface area contributed by atoms with Crippen molar-refractivity contribution in [2.24, 2.45) is 5.92 Å². The molecular formula is C20H30N2O5. The molecule has 7 heteroatoms. The summed E-state index contributed by atoms with van der Waals surface area (Å²) in [7, 11) is 0. The Balaban J connectivity index is 2.07. The molecule has 0 radical (unpaired) electrons. The van der Waals surface area contributed by atoms with Crippen molar-refractivity contribution in [3.63, 3.8) is 0 Å². The van der Waals surface area contributed by atoms with Crippen LogP contribution in [0.25, 0.3) is 0 Å². The van der Waals surface area contributed by atoms with Gasteiger partial charge in [-0.15, -0.1) is 0 Å². The lowest BCUT2D eigenvalue weighted by molar-refractivity contribution is -0.149. The van der Waals surface area contributed by atoms with Gasteiger partial charge in [-0.3, -0.25) is 14.5 Å². The topological polar surface area (TPSA) is 88.7 Å². The number of carbonyl (C=O) groups excluding carboxylic acids is 3. The van der Waals surface area contributed by atoms with Crippen LogP contribution in [0, 0.1) is 19.8 Å². The summed E-state index contributed by atoms with van der Waals surface area (Å²) >= 11 is 0. The van der Waals surface area contributed by atoms with Gasteiger partial charge in [0, 0.05) is 5.69 Å². The number of rotatable bonds is 7. The van der Waals surface area contributed by atoms with E-state index in [0.29, 0.717) is 55.1 Å². The second kappa shape index (κ2) is 9.17. The number of Topliss-reactive ketones (excluding diaryl/α,β-unsaturated/α-hetero) is 1. The highest BCUT2D eigenvalue weighted by Crippen LogP contribution is 2.24. The standard InChI is InChI=1S/C20H30N2O5/c1-6-26-19(24)15-8-10-22(11-9-15)14(5)18(23)17-12(3)16(13(4)21-17)20(25)27-7-2/h14-15,21H,6-11H2,1-5H3/t14-/m1/s1. The van der Waals surface area contributed by atoms with Crippen LogP contribution in [0.5, 0.6) is 0 Å². The lowest BCUT2D eigenvalue weighted by Crippen LogP contribution is -2.45. The van der Waals surface area contributed by atoms with E-state index in [1.165, 1.54) is 0 Å². The second-order valence-corrected chi connectivity index (χ2v) is 6.95. The predicted molar refractivity (Wildman–Crippen MR) is 101 cm³/mol. The fourth-order valence-corrected chi connectivity index (χ4v) is 3.66. The fraction of sp³-hybridized carbons (Fsp3) is 0.650. The number of aryl methyl sites for hydroxylation is 1. The average molecular weight is 378 g/mol. The van der Waals surface area contributed by atoms with Crippen molar-refractivity contribution in [1.82, 2.24) is 9.88 Å². The van der Waals surface area contributed by atoms with Crippen LogP contribution in [0.2, 0.25) is 0 Å². The largest absolute Gasteiger partial charge is 0.466 e. The SMILES string of the molecule is CCOC(=O)c1c(C)[nH]c(C(=O)[C@@H](C)N2CCC(C(=O)OCC)CC2)c1C. The van der Waals surface area contributed by atoms with Gasteiger partial charge in [0.15, 0.2) is 5.78 Å². The van der Waals surface area contributed by atoms with Crippen LogP contribution in [-0.4, -0.2) is 60.0 Å². The molecule has 27 heavy (non-hydrogen) atoms. The second-order valence-electron chi connectivity index (χ2n) is 6.95. The molecule has 2 rings (SSSR count). The Bertz CT molecular complexity index is 701. The number of ether oxygens (including phenoxy) is 2. The number of ketones is 1. The molecule has 1 N–H and O–H groups in total. The molecule has 7 nitrogen and oxygen atoms in total. The fourth-order valence-electron chi connectivity index (χ4n) is 3.66. The first kappa shape index (κ1) is 21.2. The Morgan fingerprint density at radius 3 is 2.26 bits per heavy atom. The normalized spacial score (nSPS) is 16.8. The van der Waals surface area contributed by atoms with E-state index in [0.717, 1.165) is 0 Å². The Kier molecular flexibility index (Phi) is 7.18. The number of likely N-dealkylation sites (tertiary alicyclic amines) is 1. The van der Waals surface area contributed by atoms with Gasteiger partial charge in [-0.2, -0.15) is 0 Å². The van der Waals surface area contributed by atoms with Crippen LogP contribution >= 0.6 is 0 Å². The molecule has 0 bridgehead atoms. The number of nitrogens with zero attached hydrogens (tertiary/aromatic N) is 1. The third kappa shape index (κ3) is 4.58. The average Bonchev–Trinajstić information content (AvgIpc) is 2.95. The molecule has 0 aromatic carbocycles. The van der Waals surface area contributed by atoms with E-state index >= 15 is 0 Å². The number of hydrogen-bond donors (Lipinski definition) is 1. The van der Waals surface area contributed by atoms with Crippen molar-refractivity contribution < 1.29 is 23.9 Å². The van der Waals surface area contributed by atoms with E-state index in [4.69, 9.17) is 9.47 Å². The van der Waals surface area contributed by atoms with Gasteiger partial charge in [0.1, 0.15) is 0 Å². The van der Waals surface area contributed by atoms with Gasteiger partial charge in [0.2, 0.25) is 0 Å². The summed E-state index contributed by atoms with van der Waals surface area (Å²) in [6.07, 6.45) is 1.38. The van der Waals surface area contributed by atoms with E-state index in [1.807, 2.05) is 6.92 Å². The van der Waals surface area contributed by atoms with Crippen LogP contribution in [0.15, 0.2) is 0 Å².